The number of hydrogen-bond acceptors (Lipinski definition) is 4. The highest BCUT2D eigenvalue weighted by Crippen LogP contribution is 2.15. The van der Waals surface area contributed by atoms with Crippen LogP contribution in [0.1, 0.15) is 18.4 Å². The summed E-state index contributed by atoms with van der Waals surface area (Å²) in [5.74, 6) is 0.828. The Labute approximate surface area is 143 Å². The number of benzene rings is 1. The second kappa shape index (κ2) is 7.96. The maximum absolute atomic E-state index is 12.4. The van der Waals surface area contributed by atoms with Gasteiger partial charge in [0.1, 0.15) is 5.75 Å². The van der Waals surface area contributed by atoms with E-state index in [2.05, 4.69) is 4.72 Å². The fourth-order valence-electron chi connectivity index (χ4n) is 2.59. The maximum Gasteiger partial charge on any atom is 0.279 e. The summed E-state index contributed by atoms with van der Waals surface area (Å²) in [5.41, 5.74) is 0.941. The van der Waals surface area contributed by atoms with Gasteiger partial charge in [-0.15, -0.1) is 0 Å². The SMILES string of the molecule is COc1ccc(CC(=O)N2CCC(NS(=O)(=O)N(C)C)CC2)cc1. The molecule has 1 aromatic carbocycles. The van der Waals surface area contributed by atoms with Gasteiger partial charge in [-0.1, -0.05) is 12.1 Å². The standard InChI is InChI=1S/C16H25N3O4S/c1-18(2)24(21,22)17-14-8-10-19(11-9-14)16(20)12-13-4-6-15(23-3)7-5-13/h4-7,14,17H,8-12H2,1-3H3. The molecule has 1 aromatic rings. The van der Waals surface area contributed by atoms with Crippen molar-refractivity contribution in [3.05, 3.63) is 29.8 Å². The summed E-state index contributed by atoms with van der Waals surface area (Å²) in [7, 11) is 1.18. The lowest BCUT2D eigenvalue weighted by atomic mass is 10.0. The van der Waals surface area contributed by atoms with E-state index in [1.54, 1.807) is 12.0 Å². The van der Waals surface area contributed by atoms with Crippen LogP contribution in [0.25, 0.3) is 0 Å². The molecule has 24 heavy (non-hydrogen) atoms. The van der Waals surface area contributed by atoms with Crippen molar-refractivity contribution in [2.24, 2.45) is 0 Å². The Hall–Kier alpha value is -1.64. The van der Waals surface area contributed by atoms with Gasteiger partial charge in [0.25, 0.3) is 10.2 Å². The van der Waals surface area contributed by atoms with Crippen LogP contribution in [0.5, 0.6) is 5.75 Å². The monoisotopic (exact) mass is 355 g/mol. The molecule has 0 aromatic heterocycles. The van der Waals surface area contributed by atoms with Crippen LogP contribution in [-0.4, -0.2) is 63.9 Å². The quantitative estimate of drug-likeness (QED) is 0.812. The highest BCUT2D eigenvalue weighted by atomic mass is 32.2. The van der Waals surface area contributed by atoms with Gasteiger partial charge in [-0.2, -0.15) is 17.4 Å². The van der Waals surface area contributed by atoms with Crippen LogP contribution in [0.4, 0.5) is 0 Å². The predicted molar refractivity (Wildman–Crippen MR) is 92.0 cm³/mol. The Morgan fingerprint density at radius 1 is 1.25 bits per heavy atom. The molecule has 0 aliphatic carbocycles. The second-order valence-corrected chi connectivity index (χ2v) is 8.00. The summed E-state index contributed by atoms with van der Waals surface area (Å²) in [6.45, 7) is 1.13. The highest BCUT2D eigenvalue weighted by Gasteiger charge is 2.26. The number of likely N-dealkylation sites (tertiary alicyclic amines) is 1. The van der Waals surface area contributed by atoms with Gasteiger partial charge in [-0.05, 0) is 30.5 Å². The molecule has 1 aliphatic heterocycles. The minimum absolute atomic E-state index is 0.0640. The molecule has 1 amide bonds. The van der Waals surface area contributed by atoms with Crippen molar-refractivity contribution in [1.29, 1.82) is 0 Å². The number of rotatable bonds is 6. The predicted octanol–water partition coefficient (Wildman–Crippen LogP) is 0.625. The molecule has 0 spiro atoms. The van der Waals surface area contributed by atoms with Gasteiger partial charge in [-0.25, -0.2) is 0 Å². The molecular formula is C16H25N3O4S. The Kier molecular flexibility index (Phi) is 6.20. The van der Waals surface area contributed by atoms with E-state index < -0.39 is 10.2 Å². The number of carbonyl (C=O) groups is 1. The van der Waals surface area contributed by atoms with Crippen LogP contribution < -0.4 is 9.46 Å². The first-order valence-electron chi connectivity index (χ1n) is 7.92. The molecule has 1 N–H and O–H groups in total. The van der Waals surface area contributed by atoms with Gasteiger partial charge in [-0.3, -0.25) is 4.79 Å². The molecule has 1 fully saturated rings. The molecule has 0 bridgehead atoms. The molecule has 0 radical (unpaired) electrons. The topological polar surface area (TPSA) is 79.0 Å². The van der Waals surface area contributed by atoms with Crippen molar-refractivity contribution >= 4 is 16.1 Å². The number of piperidine rings is 1. The van der Waals surface area contributed by atoms with E-state index in [0.29, 0.717) is 32.4 Å². The first kappa shape index (κ1) is 18.7. The third-order valence-electron chi connectivity index (χ3n) is 4.16. The van der Waals surface area contributed by atoms with E-state index in [-0.39, 0.29) is 11.9 Å². The first-order chi connectivity index (χ1) is 11.3. The van der Waals surface area contributed by atoms with E-state index in [0.717, 1.165) is 15.6 Å². The zero-order valence-corrected chi connectivity index (χ0v) is 15.2. The fraction of sp³-hybridized carbons (Fsp3) is 0.562. The molecule has 1 saturated heterocycles. The number of ether oxygens (including phenoxy) is 1. The first-order valence-corrected chi connectivity index (χ1v) is 9.36. The van der Waals surface area contributed by atoms with Crippen LogP contribution in [0.2, 0.25) is 0 Å². The van der Waals surface area contributed by atoms with Gasteiger partial charge < -0.3 is 9.64 Å². The van der Waals surface area contributed by atoms with Crippen molar-refractivity contribution in [3.63, 3.8) is 0 Å². The zero-order valence-electron chi connectivity index (χ0n) is 14.4. The average Bonchev–Trinajstić information content (AvgIpc) is 2.55. The van der Waals surface area contributed by atoms with E-state index in [4.69, 9.17) is 4.74 Å². The van der Waals surface area contributed by atoms with Crippen molar-refractivity contribution in [2.45, 2.75) is 25.3 Å². The third-order valence-corrected chi connectivity index (χ3v) is 5.75. The molecule has 1 heterocycles. The molecule has 0 saturated carbocycles. The lowest BCUT2D eigenvalue weighted by Gasteiger charge is -2.32. The largest absolute Gasteiger partial charge is 0.497 e. The Bertz CT molecular complexity index is 650. The van der Waals surface area contributed by atoms with Crippen LogP contribution >= 0.6 is 0 Å². The van der Waals surface area contributed by atoms with Gasteiger partial charge in [0, 0.05) is 33.2 Å². The summed E-state index contributed by atoms with van der Waals surface area (Å²) < 4.78 is 32.6. The van der Waals surface area contributed by atoms with E-state index in [9.17, 15) is 13.2 Å². The fourth-order valence-corrected chi connectivity index (χ4v) is 3.46. The minimum Gasteiger partial charge on any atom is -0.497 e. The van der Waals surface area contributed by atoms with Crippen molar-refractivity contribution in [1.82, 2.24) is 13.9 Å². The van der Waals surface area contributed by atoms with Crippen LogP contribution in [0, 0.1) is 0 Å². The average molecular weight is 355 g/mol. The molecule has 134 valence electrons. The Balaban J connectivity index is 1.84. The van der Waals surface area contributed by atoms with E-state index in [1.807, 2.05) is 24.3 Å². The van der Waals surface area contributed by atoms with E-state index in [1.165, 1.54) is 14.1 Å². The van der Waals surface area contributed by atoms with Gasteiger partial charge in [0.2, 0.25) is 5.91 Å². The molecule has 8 heteroatoms. The summed E-state index contributed by atoms with van der Waals surface area (Å²) in [6, 6.07) is 7.32. The second-order valence-electron chi connectivity index (χ2n) is 6.09. The number of nitrogens with one attached hydrogen (secondary N) is 1. The maximum atomic E-state index is 12.4. The number of amides is 1. The number of nitrogens with zero attached hydrogens (tertiary/aromatic N) is 2. The Morgan fingerprint density at radius 2 is 1.83 bits per heavy atom. The highest BCUT2D eigenvalue weighted by molar-refractivity contribution is 7.87. The summed E-state index contributed by atoms with van der Waals surface area (Å²) in [5, 5.41) is 0. The summed E-state index contributed by atoms with van der Waals surface area (Å²) >= 11 is 0. The molecular weight excluding hydrogens is 330 g/mol. The lowest BCUT2D eigenvalue weighted by molar-refractivity contribution is -0.131. The van der Waals surface area contributed by atoms with Crippen molar-refractivity contribution in [2.75, 3.05) is 34.3 Å². The zero-order chi connectivity index (χ0) is 17.7. The smallest absolute Gasteiger partial charge is 0.279 e. The molecule has 0 unspecified atom stereocenters. The minimum atomic E-state index is -3.42. The Morgan fingerprint density at radius 3 is 2.33 bits per heavy atom. The number of methoxy groups -OCH3 is 1. The van der Waals surface area contributed by atoms with Crippen LogP contribution in [0.3, 0.4) is 0 Å². The van der Waals surface area contributed by atoms with Gasteiger partial charge in [0.05, 0.1) is 13.5 Å². The van der Waals surface area contributed by atoms with Gasteiger partial charge in [0.15, 0.2) is 0 Å². The number of carbonyl (C=O) groups excluding carboxylic acids is 1. The summed E-state index contributed by atoms with van der Waals surface area (Å²) in [6.07, 6.45) is 1.60. The van der Waals surface area contributed by atoms with Gasteiger partial charge >= 0.3 is 0 Å². The van der Waals surface area contributed by atoms with Crippen LogP contribution in [-0.2, 0) is 21.4 Å². The normalized spacial score (nSPS) is 16.4. The third kappa shape index (κ3) is 4.93. The van der Waals surface area contributed by atoms with Crippen molar-refractivity contribution < 1.29 is 17.9 Å². The summed E-state index contributed by atoms with van der Waals surface area (Å²) in [4.78, 5) is 14.2. The number of hydrogen-bond donors (Lipinski definition) is 1. The molecule has 0 atom stereocenters. The molecule has 2 rings (SSSR count). The van der Waals surface area contributed by atoms with Crippen molar-refractivity contribution in [3.8, 4) is 5.75 Å². The van der Waals surface area contributed by atoms with Crippen LogP contribution in [0.15, 0.2) is 24.3 Å². The van der Waals surface area contributed by atoms with E-state index >= 15 is 0 Å². The molecule has 1 aliphatic rings. The molecule has 7 nitrogen and oxygen atoms in total. The lowest BCUT2D eigenvalue weighted by Crippen LogP contribution is -2.49.